The number of rotatable bonds is 0. The Bertz CT molecular complexity index is 83.8. The largest absolute Gasteiger partial charge is 0.616 e. The second-order valence-corrected chi connectivity index (χ2v) is 3.02. The quantitative estimate of drug-likeness (QED) is 0.405. The van der Waals surface area contributed by atoms with Gasteiger partial charge in [0.25, 0.3) is 0 Å². The minimum absolute atomic E-state index is 0.590. The summed E-state index contributed by atoms with van der Waals surface area (Å²) in [6.07, 6.45) is 1.74. The average Bonchev–Trinajstić information content (AvgIpc) is 1.69. The average molecular weight is 117 g/mol. The third kappa shape index (κ3) is 1.49. The van der Waals surface area contributed by atoms with Crippen LogP contribution in [0.25, 0.3) is 0 Å². The first-order valence-corrected chi connectivity index (χ1v) is 3.71. The van der Waals surface area contributed by atoms with Crippen molar-refractivity contribution in [2.24, 2.45) is 4.99 Å². The van der Waals surface area contributed by atoms with Gasteiger partial charge in [0.2, 0.25) is 0 Å². The Balaban J connectivity index is 2.32. The van der Waals surface area contributed by atoms with Crippen LogP contribution in [0.15, 0.2) is 4.99 Å². The van der Waals surface area contributed by atoms with Crippen LogP contribution in [-0.4, -0.2) is 28.8 Å². The van der Waals surface area contributed by atoms with Crippen molar-refractivity contribution < 1.29 is 4.55 Å². The Morgan fingerprint density at radius 3 is 2.86 bits per heavy atom. The summed E-state index contributed by atoms with van der Waals surface area (Å²) < 4.78 is 10.5. The number of hydrogen-bond acceptors (Lipinski definition) is 2. The molecule has 0 aromatic carbocycles. The predicted molar refractivity (Wildman–Crippen MR) is 31.2 cm³/mol. The third-order valence-corrected chi connectivity index (χ3v) is 2.00. The van der Waals surface area contributed by atoms with Gasteiger partial charge in [-0.15, -0.1) is 0 Å². The first kappa shape index (κ1) is 5.12. The highest BCUT2D eigenvalue weighted by Gasteiger charge is 2.05. The van der Waals surface area contributed by atoms with Crippen molar-refractivity contribution in [2.75, 3.05) is 18.1 Å². The number of nitrogens with zero attached hydrogens (tertiary/aromatic N) is 1. The highest BCUT2D eigenvalue weighted by Crippen LogP contribution is 1.92. The Hall–Kier alpha value is -0.0200. The minimum Gasteiger partial charge on any atom is -0.616 e. The molecule has 0 saturated heterocycles. The van der Waals surface area contributed by atoms with Crippen LogP contribution >= 0.6 is 0 Å². The fraction of sp³-hybridized carbons (Fsp3) is 0.750. The molecule has 1 aliphatic heterocycles. The Labute approximate surface area is 45.8 Å². The second kappa shape index (κ2) is 2.33. The van der Waals surface area contributed by atoms with Crippen molar-refractivity contribution in [3.63, 3.8) is 0 Å². The van der Waals surface area contributed by atoms with Crippen molar-refractivity contribution in [3.8, 4) is 0 Å². The summed E-state index contributed by atoms with van der Waals surface area (Å²) in [7, 11) is 0. The van der Waals surface area contributed by atoms with E-state index in [0.29, 0.717) is 5.75 Å². The Kier molecular flexibility index (Phi) is 1.70. The van der Waals surface area contributed by atoms with E-state index in [0.717, 1.165) is 12.3 Å². The molecule has 2 nitrogen and oxygen atoms in total. The minimum atomic E-state index is -0.590. The lowest BCUT2D eigenvalue weighted by atomic mass is 10.7. The van der Waals surface area contributed by atoms with E-state index < -0.39 is 11.2 Å². The maximum Gasteiger partial charge on any atom is 0.140 e. The van der Waals surface area contributed by atoms with Crippen LogP contribution in [0, 0.1) is 0 Å². The maximum atomic E-state index is 10.5. The summed E-state index contributed by atoms with van der Waals surface area (Å²) >= 11 is -0.590. The number of aliphatic imine (C=N–C) groups is 1. The summed E-state index contributed by atoms with van der Waals surface area (Å²) in [5.41, 5.74) is 0. The molecule has 0 fully saturated rings. The van der Waals surface area contributed by atoms with Crippen LogP contribution in [0.4, 0.5) is 0 Å². The molecule has 0 bridgehead atoms. The van der Waals surface area contributed by atoms with Crippen LogP contribution in [0.5, 0.6) is 0 Å². The zero-order chi connectivity index (χ0) is 5.11. The van der Waals surface area contributed by atoms with Crippen LogP contribution in [-0.2, 0) is 11.2 Å². The van der Waals surface area contributed by atoms with Crippen molar-refractivity contribution in [3.05, 3.63) is 0 Å². The SMILES string of the molecule is [O-][S+]1CC=NCC1. The van der Waals surface area contributed by atoms with E-state index in [4.69, 9.17) is 0 Å². The molecule has 1 rings (SSSR count). The summed E-state index contributed by atoms with van der Waals surface area (Å²) in [6.45, 7) is 0.757. The van der Waals surface area contributed by atoms with Crippen molar-refractivity contribution in [1.29, 1.82) is 0 Å². The topological polar surface area (TPSA) is 35.4 Å². The molecule has 1 unspecified atom stereocenters. The lowest BCUT2D eigenvalue weighted by Crippen LogP contribution is -2.18. The molecule has 1 heterocycles. The molecular weight excluding hydrogens is 110 g/mol. The lowest BCUT2D eigenvalue weighted by molar-refractivity contribution is 0.597. The van der Waals surface area contributed by atoms with Gasteiger partial charge in [-0.3, -0.25) is 4.99 Å². The van der Waals surface area contributed by atoms with Crippen LogP contribution in [0.2, 0.25) is 0 Å². The molecule has 7 heavy (non-hydrogen) atoms. The van der Waals surface area contributed by atoms with Gasteiger partial charge in [0.1, 0.15) is 11.5 Å². The Morgan fingerprint density at radius 1 is 1.71 bits per heavy atom. The van der Waals surface area contributed by atoms with Gasteiger partial charge in [0.15, 0.2) is 0 Å². The normalized spacial score (nSPS) is 30.7. The molecule has 1 aliphatic rings. The van der Waals surface area contributed by atoms with E-state index in [1.165, 1.54) is 0 Å². The highest BCUT2D eigenvalue weighted by atomic mass is 32.2. The molecule has 0 spiro atoms. The second-order valence-electron chi connectivity index (χ2n) is 1.40. The van der Waals surface area contributed by atoms with Gasteiger partial charge < -0.3 is 4.55 Å². The molecule has 0 aromatic rings. The zero-order valence-corrected chi connectivity index (χ0v) is 4.78. The molecule has 0 aliphatic carbocycles. The highest BCUT2D eigenvalue weighted by molar-refractivity contribution is 7.92. The summed E-state index contributed by atoms with van der Waals surface area (Å²) in [5, 5.41) is 0. The Morgan fingerprint density at radius 2 is 2.57 bits per heavy atom. The van der Waals surface area contributed by atoms with E-state index >= 15 is 0 Å². The van der Waals surface area contributed by atoms with E-state index in [-0.39, 0.29) is 0 Å². The molecule has 0 amide bonds. The van der Waals surface area contributed by atoms with E-state index in [2.05, 4.69) is 4.99 Å². The lowest BCUT2D eigenvalue weighted by Gasteiger charge is -2.09. The van der Waals surface area contributed by atoms with E-state index in [1.54, 1.807) is 6.21 Å². The predicted octanol–water partition coefficient (Wildman–Crippen LogP) is -0.180. The van der Waals surface area contributed by atoms with Crippen molar-refractivity contribution in [2.45, 2.75) is 0 Å². The van der Waals surface area contributed by atoms with Crippen molar-refractivity contribution >= 4 is 17.4 Å². The standard InChI is InChI=1S/C4H7NOS/c6-7-3-1-5-2-4-7/h1H,2-4H2. The fourth-order valence-electron chi connectivity index (χ4n) is 0.465. The first-order chi connectivity index (χ1) is 3.39. The fourth-order valence-corrected chi connectivity index (χ4v) is 1.21. The smallest absolute Gasteiger partial charge is 0.140 e. The molecular formula is C4H7NOS. The van der Waals surface area contributed by atoms with Gasteiger partial charge in [-0.25, -0.2) is 0 Å². The summed E-state index contributed by atoms with van der Waals surface area (Å²) in [5.74, 6) is 1.43. The molecule has 0 N–H and O–H groups in total. The van der Waals surface area contributed by atoms with Crippen molar-refractivity contribution in [1.82, 2.24) is 0 Å². The number of hydrogen-bond donors (Lipinski definition) is 0. The zero-order valence-electron chi connectivity index (χ0n) is 3.96. The van der Waals surface area contributed by atoms with E-state index in [1.807, 2.05) is 0 Å². The van der Waals surface area contributed by atoms with Crippen LogP contribution in [0.1, 0.15) is 0 Å². The molecule has 0 radical (unpaired) electrons. The monoisotopic (exact) mass is 117 g/mol. The molecule has 3 heteroatoms. The van der Waals surface area contributed by atoms with Gasteiger partial charge in [-0.2, -0.15) is 0 Å². The van der Waals surface area contributed by atoms with Crippen LogP contribution < -0.4 is 0 Å². The van der Waals surface area contributed by atoms with Gasteiger partial charge >= 0.3 is 0 Å². The van der Waals surface area contributed by atoms with Crippen LogP contribution in [0.3, 0.4) is 0 Å². The van der Waals surface area contributed by atoms with E-state index in [9.17, 15) is 4.55 Å². The molecule has 40 valence electrons. The first-order valence-electron chi connectivity index (χ1n) is 2.23. The summed E-state index contributed by atoms with van der Waals surface area (Å²) in [6, 6.07) is 0. The molecule has 0 saturated carbocycles. The molecule has 1 atom stereocenters. The third-order valence-electron chi connectivity index (χ3n) is 0.838. The van der Waals surface area contributed by atoms with Gasteiger partial charge in [0.05, 0.1) is 6.54 Å². The molecule has 0 aromatic heterocycles. The van der Waals surface area contributed by atoms with Gasteiger partial charge in [0, 0.05) is 6.21 Å². The van der Waals surface area contributed by atoms with Gasteiger partial charge in [-0.1, -0.05) is 0 Å². The maximum absolute atomic E-state index is 10.5. The van der Waals surface area contributed by atoms with Gasteiger partial charge in [-0.05, 0) is 11.2 Å². The summed E-state index contributed by atoms with van der Waals surface area (Å²) in [4.78, 5) is 3.91.